The summed E-state index contributed by atoms with van der Waals surface area (Å²) in [6, 6.07) is 6.03. The Balaban J connectivity index is 2.20. The van der Waals surface area contributed by atoms with Crippen LogP contribution in [0.15, 0.2) is 30.5 Å². The number of carbonyl (C=O) groups excluding carboxylic acids is 1. The first-order valence-electron chi connectivity index (χ1n) is 7.04. The van der Waals surface area contributed by atoms with Crippen molar-refractivity contribution in [2.75, 3.05) is 0 Å². The van der Waals surface area contributed by atoms with Crippen LogP contribution in [0.4, 0.5) is 5.69 Å². The Kier molecular flexibility index (Phi) is 4.35. The summed E-state index contributed by atoms with van der Waals surface area (Å²) in [6.07, 6.45) is 1.89. The topological polar surface area (TPSA) is 114 Å². The number of non-ortho nitro benzene ring substituents is 1. The Morgan fingerprint density at radius 3 is 2.65 bits per heavy atom. The fraction of sp³-hybridized carbons (Fsp3) is 0.333. The van der Waals surface area contributed by atoms with Crippen LogP contribution in [-0.2, 0) is 16.1 Å². The first kappa shape index (κ1) is 16.5. The van der Waals surface area contributed by atoms with Gasteiger partial charge in [0.15, 0.2) is 0 Å². The van der Waals surface area contributed by atoms with Gasteiger partial charge in [-0.1, -0.05) is 6.92 Å². The second-order valence-corrected chi connectivity index (χ2v) is 5.48. The van der Waals surface area contributed by atoms with Crippen LogP contribution in [0.1, 0.15) is 20.3 Å². The maximum absolute atomic E-state index is 12.1. The number of hydrogen-bond donors (Lipinski definition) is 2. The summed E-state index contributed by atoms with van der Waals surface area (Å²) >= 11 is 0. The molecule has 0 aliphatic heterocycles. The van der Waals surface area contributed by atoms with Gasteiger partial charge in [0.2, 0.25) is 5.91 Å². The smallest absolute Gasteiger partial charge is 0.329 e. The van der Waals surface area contributed by atoms with E-state index in [1.165, 1.54) is 19.1 Å². The fourth-order valence-electron chi connectivity index (χ4n) is 2.23. The minimum absolute atomic E-state index is 0.0239. The predicted molar refractivity (Wildman–Crippen MR) is 83.1 cm³/mol. The summed E-state index contributed by atoms with van der Waals surface area (Å²) in [5, 5.41) is 23.1. The van der Waals surface area contributed by atoms with Crippen molar-refractivity contribution in [3.05, 3.63) is 40.6 Å². The monoisotopic (exact) mass is 319 g/mol. The summed E-state index contributed by atoms with van der Waals surface area (Å²) in [7, 11) is 0. The average Bonchev–Trinajstić information content (AvgIpc) is 2.89. The molecule has 2 aromatic rings. The number of hydrogen-bond acceptors (Lipinski definition) is 4. The van der Waals surface area contributed by atoms with Gasteiger partial charge in [-0.3, -0.25) is 14.9 Å². The first-order chi connectivity index (χ1) is 10.8. The van der Waals surface area contributed by atoms with Crippen molar-refractivity contribution in [3.63, 3.8) is 0 Å². The van der Waals surface area contributed by atoms with Gasteiger partial charge in [0.05, 0.1) is 4.92 Å². The maximum Gasteiger partial charge on any atom is 0.329 e. The SMILES string of the molecule is CCC(C)(NC(=O)Cn1ccc2cc([N+](=O)[O-])ccc21)C(=O)O. The number of nitro benzene ring substituents is 1. The van der Waals surface area contributed by atoms with Gasteiger partial charge < -0.3 is 15.0 Å². The highest BCUT2D eigenvalue weighted by molar-refractivity contribution is 5.88. The molecule has 1 atom stereocenters. The predicted octanol–water partition coefficient (Wildman–Crippen LogP) is 1.92. The van der Waals surface area contributed by atoms with Gasteiger partial charge in [-0.15, -0.1) is 0 Å². The molecule has 0 bridgehead atoms. The van der Waals surface area contributed by atoms with Gasteiger partial charge in [-0.2, -0.15) is 0 Å². The molecule has 1 aromatic carbocycles. The zero-order valence-electron chi connectivity index (χ0n) is 12.8. The van der Waals surface area contributed by atoms with E-state index in [1.807, 2.05) is 0 Å². The van der Waals surface area contributed by atoms with Gasteiger partial charge in [0.1, 0.15) is 12.1 Å². The van der Waals surface area contributed by atoms with Gasteiger partial charge >= 0.3 is 5.97 Å². The molecule has 0 saturated carbocycles. The van der Waals surface area contributed by atoms with E-state index in [1.54, 1.807) is 29.8 Å². The summed E-state index contributed by atoms with van der Waals surface area (Å²) in [5.74, 6) is -1.53. The van der Waals surface area contributed by atoms with Crippen molar-refractivity contribution >= 4 is 28.5 Å². The van der Waals surface area contributed by atoms with Crippen LogP contribution in [0.3, 0.4) is 0 Å². The van der Waals surface area contributed by atoms with Gasteiger partial charge in [0.25, 0.3) is 5.69 Å². The second-order valence-electron chi connectivity index (χ2n) is 5.48. The van der Waals surface area contributed by atoms with Crippen LogP contribution in [0.25, 0.3) is 10.9 Å². The largest absolute Gasteiger partial charge is 0.480 e. The molecule has 0 saturated heterocycles. The molecule has 0 aliphatic carbocycles. The minimum Gasteiger partial charge on any atom is -0.480 e. The minimum atomic E-state index is -1.32. The number of aliphatic carboxylic acids is 1. The molecule has 0 fully saturated rings. The van der Waals surface area contributed by atoms with Crippen LogP contribution in [0, 0.1) is 10.1 Å². The van der Waals surface area contributed by atoms with Gasteiger partial charge in [-0.25, -0.2) is 4.79 Å². The molecular formula is C15H17N3O5. The molecule has 1 aromatic heterocycles. The number of fused-ring (bicyclic) bond motifs is 1. The number of amides is 1. The summed E-state index contributed by atoms with van der Waals surface area (Å²) in [4.78, 5) is 33.6. The lowest BCUT2D eigenvalue weighted by Crippen LogP contribution is -2.52. The Bertz CT molecular complexity index is 783. The van der Waals surface area contributed by atoms with E-state index in [9.17, 15) is 24.8 Å². The quantitative estimate of drug-likeness (QED) is 0.623. The van der Waals surface area contributed by atoms with Crippen LogP contribution >= 0.6 is 0 Å². The standard InChI is InChI=1S/C15H17N3O5/c1-3-15(2,14(20)21)16-13(19)9-17-7-6-10-8-11(18(22)23)4-5-12(10)17/h4-8H,3,9H2,1-2H3,(H,16,19)(H,20,21). The molecule has 0 aliphatic rings. The first-order valence-corrected chi connectivity index (χ1v) is 7.04. The number of carboxylic acids is 1. The Morgan fingerprint density at radius 1 is 1.39 bits per heavy atom. The van der Waals surface area contributed by atoms with E-state index in [4.69, 9.17) is 0 Å². The number of carbonyl (C=O) groups is 2. The molecule has 2 N–H and O–H groups in total. The van der Waals surface area contributed by atoms with Crippen molar-refractivity contribution in [3.8, 4) is 0 Å². The summed E-state index contributed by atoms with van der Waals surface area (Å²) in [5.41, 5.74) is -0.679. The van der Waals surface area contributed by atoms with E-state index in [0.717, 1.165) is 0 Å². The molecular weight excluding hydrogens is 302 g/mol. The third kappa shape index (κ3) is 3.31. The fourth-order valence-corrected chi connectivity index (χ4v) is 2.23. The molecule has 0 radical (unpaired) electrons. The van der Waals surface area contributed by atoms with Crippen molar-refractivity contribution in [2.45, 2.75) is 32.4 Å². The Morgan fingerprint density at radius 2 is 2.09 bits per heavy atom. The van der Waals surface area contributed by atoms with E-state index < -0.39 is 22.3 Å². The van der Waals surface area contributed by atoms with E-state index in [0.29, 0.717) is 10.9 Å². The van der Waals surface area contributed by atoms with Crippen LogP contribution in [-0.4, -0.2) is 32.0 Å². The van der Waals surface area contributed by atoms with Crippen molar-refractivity contribution < 1.29 is 19.6 Å². The van der Waals surface area contributed by atoms with Crippen LogP contribution in [0.2, 0.25) is 0 Å². The van der Waals surface area contributed by atoms with Crippen LogP contribution < -0.4 is 5.32 Å². The molecule has 8 nitrogen and oxygen atoms in total. The molecule has 122 valence electrons. The number of carboxylic acid groups (broad SMARTS) is 1. The normalized spacial score (nSPS) is 13.5. The molecule has 0 spiro atoms. The lowest BCUT2D eigenvalue weighted by Gasteiger charge is -2.24. The second kappa shape index (κ2) is 6.07. The van der Waals surface area contributed by atoms with Crippen molar-refractivity contribution in [1.82, 2.24) is 9.88 Å². The third-order valence-electron chi connectivity index (χ3n) is 3.87. The Hall–Kier alpha value is -2.90. The highest BCUT2D eigenvalue weighted by Crippen LogP contribution is 2.22. The van der Waals surface area contributed by atoms with Gasteiger partial charge in [0, 0.05) is 29.2 Å². The number of benzene rings is 1. The zero-order valence-corrected chi connectivity index (χ0v) is 12.8. The lowest BCUT2D eigenvalue weighted by atomic mass is 9.99. The number of nitro groups is 1. The average molecular weight is 319 g/mol. The highest BCUT2D eigenvalue weighted by atomic mass is 16.6. The van der Waals surface area contributed by atoms with Crippen LogP contribution in [0.5, 0.6) is 0 Å². The Labute approximate surface area is 131 Å². The molecule has 2 rings (SSSR count). The van der Waals surface area contributed by atoms with Crippen molar-refractivity contribution in [1.29, 1.82) is 0 Å². The number of nitrogens with one attached hydrogen (secondary N) is 1. The maximum atomic E-state index is 12.1. The molecule has 8 heteroatoms. The third-order valence-corrected chi connectivity index (χ3v) is 3.87. The van der Waals surface area contributed by atoms with Crippen molar-refractivity contribution in [2.24, 2.45) is 0 Å². The molecule has 1 unspecified atom stereocenters. The number of rotatable bonds is 6. The molecule has 1 heterocycles. The number of nitrogens with zero attached hydrogens (tertiary/aromatic N) is 2. The van der Waals surface area contributed by atoms with Gasteiger partial charge in [-0.05, 0) is 25.5 Å². The van der Waals surface area contributed by atoms with E-state index in [2.05, 4.69) is 5.32 Å². The van der Waals surface area contributed by atoms with E-state index >= 15 is 0 Å². The highest BCUT2D eigenvalue weighted by Gasteiger charge is 2.32. The molecule has 1 amide bonds. The molecule has 23 heavy (non-hydrogen) atoms. The lowest BCUT2D eigenvalue weighted by molar-refractivity contribution is -0.384. The number of aromatic nitrogens is 1. The zero-order chi connectivity index (χ0) is 17.2. The summed E-state index contributed by atoms with van der Waals surface area (Å²) < 4.78 is 1.62. The summed E-state index contributed by atoms with van der Waals surface area (Å²) in [6.45, 7) is 3.06. The van der Waals surface area contributed by atoms with E-state index in [-0.39, 0.29) is 18.7 Å².